The number of hydrogen-bond acceptors (Lipinski definition) is 5. The van der Waals surface area contributed by atoms with E-state index < -0.39 is 6.04 Å². The number of nitrogens with one attached hydrogen (secondary N) is 2. The number of carbonyl (C=O) groups is 2. The van der Waals surface area contributed by atoms with Gasteiger partial charge in [-0.15, -0.1) is 0 Å². The Morgan fingerprint density at radius 3 is 2.42 bits per heavy atom. The summed E-state index contributed by atoms with van der Waals surface area (Å²) < 4.78 is 1.46. The number of rotatable bonds is 5. The van der Waals surface area contributed by atoms with Crippen LogP contribution in [0.3, 0.4) is 0 Å². The summed E-state index contributed by atoms with van der Waals surface area (Å²) in [5.41, 5.74) is 1.60. The minimum absolute atomic E-state index is 0.223. The topological polar surface area (TPSA) is 102 Å². The molecule has 26 heavy (non-hydrogen) atoms. The number of anilines is 2. The zero-order valence-electron chi connectivity index (χ0n) is 13.8. The monoisotopic (exact) mass is 370 g/mol. The predicted octanol–water partition coefficient (Wildman–Crippen LogP) is 2.78. The van der Waals surface area contributed by atoms with Gasteiger partial charge >= 0.3 is 0 Å². The highest BCUT2D eigenvalue weighted by molar-refractivity contribution is 6.29. The largest absolute Gasteiger partial charge is 0.324 e. The van der Waals surface area contributed by atoms with Gasteiger partial charge in [-0.1, -0.05) is 11.6 Å². The lowest BCUT2D eigenvalue weighted by molar-refractivity contribution is -0.119. The molecule has 0 spiro atoms. The number of carbonyl (C=O) groups excluding carboxylic acids is 2. The van der Waals surface area contributed by atoms with Crippen LogP contribution in [-0.2, 0) is 4.79 Å². The Morgan fingerprint density at radius 1 is 1.12 bits per heavy atom. The van der Waals surface area contributed by atoms with Crippen LogP contribution < -0.4 is 10.6 Å². The van der Waals surface area contributed by atoms with Crippen LogP contribution in [0.1, 0.15) is 23.3 Å². The van der Waals surface area contributed by atoms with Gasteiger partial charge in [0, 0.05) is 23.1 Å². The summed E-state index contributed by atoms with van der Waals surface area (Å²) in [6.07, 6.45) is 4.32. The molecule has 9 heteroatoms. The number of amides is 2. The first-order valence-corrected chi connectivity index (χ1v) is 8.08. The smallest absolute Gasteiger partial charge is 0.255 e. The van der Waals surface area contributed by atoms with Crippen molar-refractivity contribution in [3.63, 3.8) is 0 Å². The summed E-state index contributed by atoms with van der Waals surface area (Å²) in [4.78, 5) is 32.0. The van der Waals surface area contributed by atoms with E-state index in [-0.39, 0.29) is 17.0 Å². The third kappa shape index (κ3) is 4.22. The van der Waals surface area contributed by atoms with Crippen molar-refractivity contribution in [3.05, 3.63) is 66.0 Å². The Hall–Kier alpha value is -3.26. The van der Waals surface area contributed by atoms with E-state index >= 15 is 0 Å². The molecule has 2 heterocycles. The molecular weight excluding hydrogens is 356 g/mol. The molecule has 0 bridgehead atoms. The van der Waals surface area contributed by atoms with E-state index in [2.05, 4.69) is 25.7 Å². The van der Waals surface area contributed by atoms with Crippen molar-refractivity contribution in [2.24, 2.45) is 0 Å². The Kier molecular flexibility index (Phi) is 5.23. The second-order valence-corrected chi connectivity index (χ2v) is 5.83. The highest BCUT2D eigenvalue weighted by Gasteiger charge is 2.15. The lowest BCUT2D eigenvalue weighted by Crippen LogP contribution is -2.24. The molecule has 0 saturated carbocycles. The number of nitrogens with zero attached hydrogens (tertiary/aromatic N) is 4. The average Bonchev–Trinajstić information content (AvgIpc) is 3.17. The van der Waals surface area contributed by atoms with Crippen LogP contribution in [0.2, 0.25) is 5.15 Å². The van der Waals surface area contributed by atoms with Crippen LogP contribution in [0, 0.1) is 0 Å². The SMILES string of the molecule is CC(C(=O)Nc1ccc(NC(=O)c2ccnc(Cl)c2)cc1)n1cncn1. The molecule has 132 valence electrons. The maximum atomic E-state index is 12.2. The van der Waals surface area contributed by atoms with E-state index in [9.17, 15) is 9.59 Å². The van der Waals surface area contributed by atoms with Crippen molar-refractivity contribution in [3.8, 4) is 0 Å². The van der Waals surface area contributed by atoms with Gasteiger partial charge in [-0.2, -0.15) is 5.10 Å². The van der Waals surface area contributed by atoms with E-state index in [0.717, 1.165) is 0 Å². The van der Waals surface area contributed by atoms with Crippen LogP contribution in [0.5, 0.6) is 0 Å². The maximum Gasteiger partial charge on any atom is 0.255 e. The Balaban J connectivity index is 1.61. The van der Waals surface area contributed by atoms with Crippen LogP contribution in [0.25, 0.3) is 0 Å². The van der Waals surface area contributed by atoms with Crippen LogP contribution in [0.15, 0.2) is 55.2 Å². The second-order valence-electron chi connectivity index (χ2n) is 5.44. The van der Waals surface area contributed by atoms with Crippen LogP contribution >= 0.6 is 11.6 Å². The fraction of sp³-hybridized carbons (Fsp3) is 0.118. The van der Waals surface area contributed by atoms with Crippen molar-refractivity contribution < 1.29 is 9.59 Å². The summed E-state index contributed by atoms with van der Waals surface area (Å²) in [5, 5.41) is 9.73. The first-order valence-electron chi connectivity index (χ1n) is 7.71. The van der Waals surface area contributed by atoms with Gasteiger partial charge in [-0.05, 0) is 43.3 Å². The molecule has 1 aromatic carbocycles. The van der Waals surface area contributed by atoms with E-state index in [4.69, 9.17) is 11.6 Å². The predicted molar refractivity (Wildman–Crippen MR) is 97.0 cm³/mol. The normalized spacial score (nSPS) is 11.6. The summed E-state index contributed by atoms with van der Waals surface area (Å²) in [6, 6.07) is 9.33. The van der Waals surface area contributed by atoms with Gasteiger partial charge in [-0.25, -0.2) is 14.6 Å². The molecule has 3 rings (SSSR count). The van der Waals surface area contributed by atoms with E-state index in [0.29, 0.717) is 16.9 Å². The van der Waals surface area contributed by atoms with Gasteiger partial charge in [-0.3, -0.25) is 9.59 Å². The van der Waals surface area contributed by atoms with E-state index in [1.165, 1.54) is 29.6 Å². The molecule has 0 fully saturated rings. The number of halogens is 1. The molecule has 1 unspecified atom stereocenters. The summed E-state index contributed by atoms with van der Waals surface area (Å²) >= 11 is 5.78. The lowest BCUT2D eigenvalue weighted by Gasteiger charge is -2.12. The van der Waals surface area contributed by atoms with E-state index in [1.54, 1.807) is 37.3 Å². The number of aromatic nitrogens is 4. The first-order chi connectivity index (χ1) is 12.5. The minimum atomic E-state index is -0.492. The lowest BCUT2D eigenvalue weighted by atomic mass is 10.2. The Bertz CT molecular complexity index is 911. The van der Waals surface area contributed by atoms with Crippen LogP contribution in [-0.4, -0.2) is 31.6 Å². The Labute approximate surface area is 154 Å². The molecule has 2 N–H and O–H groups in total. The molecule has 0 aliphatic heterocycles. The van der Waals surface area contributed by atoms with Gasteiger partial charge in [0.25, 0.3) is 5.91 Å². The molecule has 0 aliphatic carbocycles. The third-order valence-corrected chi connectivity index (χ3v) is 3.82. The average molecular weight is 371 g/mol. The molecule has 3 aromatic rings. The van der Waals surface area contributed by atoms with Crippen molar-refractivity contribution in [1.29, 1.82) is 0 Å². The second kappa shape index (κ2) is 7.75. The van der Waals surface area contributed by atoms with Gasteiger partial charge in [0.15, 0.2) is 0 Å². The number of hydrogen-bond donors (Lipinski definition) is 2. The Morgan fingerprint density at radius 2 is 1.81 bits per heavy atom. The summed E-state index contributed by atoms with van der Waals surface area (Å²) in [5.74, 6) is -0.524. The van der Waals surface area contributed by atoms with Crippen LogP contribution in [0.4, 0.5) is 11.4 Å². The zero-order chi connectivity index (χ0) is 18.5. The van der Waals surface area contributed by atoms with Gasteiger partial charge < -0.3 is 10.6 Å². The van der Waals surface area contributed by atoms with Gasteiger partial charge in [0.2, 0.25) is 5.91 Å². The molecule has 8 nitrogen and oxygen atoms in total. The maximum absolute atomic E-state index is 12.2. The number of pyridine rings is 1. The molecule has 0 radical (unpaired) electrons. The molecule has 2 amide bonds. The standard InChI is InChI=1S/C17H15ClN6O2/c1-11(24-10-19-9-21-24)16(25)22-13-2-4-14(5-3-13)23-17(26)12-6-7-20-15(18)8-12/h2-11H,1H3,(H,22,25)(H,23,26). The summed E-state index contributed by atoms with van der Waals surface area (Å²) in [7, 11) is 0. The quantitative estimate of drug-likeness (QED) is 0.672. The van der Waals surface area contributed by atoms with Gasteiger partial charge in [0.05, 0.1) is 0 Å². The molecule has 1 atom stereocenters. The molecule has 0 saturated heterocycles. The molecule has 0 aliphatic rings. The third-order valence-electron chi connectivity index (χ3n) is 3.61. The summed E-state index contributed by atoms with van der Waals surface area (Å²) in [6.45, 7) is 1.72. The van der Waals surface area contributed by atoms with Crippen molar-refractivity contribution in [1.82, 2.24) is 19.7 Å². The highest BCUT2D eigenvalue weighted by atomic mass is 35.5. The van der Waals surface area contributed by atoms with Gasteiger partial charge in [0.1, 0.15) is 23.8 Å². The fourth-order valence-electron chi connectivity index (χ4n) is 2.17. The minimum Gasteiger partial charge on any atom is -0.324 e. The zero-order valence-corrected chi connectivity index (χ0v) is 14.5. The highest BCUT2D eigenvalue weighted by Crippen LogP contribution is 2.17. The first kappa shape index (κ1) is 17.6. The van der Waals surface area contributed by atoms with Crippen molar-refractivity contribution >= 4 is 34.8 Å². The fourth-order valence-corrected chi connectivity index (χ4v) is 2.34. The van der Waals surface area contributed by atoms with Crippen molar-refractivity contribution in [2.75, 3.05) is 10.6 Å². The molecular formula is C17H15ClN6O2. The number of benzene rings is 1. The molecule has 2 aromatic heterocycles. The van der Waals surface area contributed by atoms with Crippen molar-refractivity contribution in [2.45, 2.75) is 13.0 Å². The van der Waals surface area contributed by atoms with E-state index in [1.807, 2.05) is 0 Å².